The van der Waals surface area contributed by atoms with Crippen molar-refractivity contribution in [1.82, 2.24) is 10.2 Å². The standard InChI is InChI=1S/C10H20N2O5/c1-4-15-10(14)17-8-6-12(3)9(13)16-7-5-11-2/h11H,4-8H2,1-3H3. The molecule has 0 unspecified atom stereocenters. The zero-order valence-electron chi connectivity index (χ0n) is 10.5. The fourth-order valence-electron chi connectivity index (χ4n) is 0.867. The molecule has 0 aromatic carbocycles. The summed E-state index contributed by atoms with van der Waals surface area (Å²) in [4.78, 5) is 23.5. The van der Waals surface area contributed by atoms with E-state index < -0.39 is 12.2 Å². The maximum atomic E-state index is 11.3. The summed E-state index contributed by atoms with van der Waals surface area (Å²) in [6.45, 7) is 3.19. The van der Waals surface area contributed by atoms with Gasteiger partial charge in [0.15, 0.2) is 0 Å². The Balaban J connectivity index is 3.59. The SMILES string of the molecule is CCOC(=O)OCCN(C)C(=O)OCCNC. The lowest BCUT2D eigenvalue weighted by atomic mass is 10.6. The summed E-state index contributed by atoms with van der Waals surface area (Å²) >= 11 is 0. The Bertz CT molecular complexity index is 235. The summed E-state index contributed by atoms with van der Waals surface area (Å²) in [6.07, 6.45) is -1.18. The Labute approximate surface area is 101 Å². The molecule has 100 valence electrons. The maximum Gasteiger partial charge on any atom is 0.508 e. The van der Waals surface area contributed by atoms with Gasteiger partial charge in [-0.2, -0.15) is 0 Å². The van der Waals surface area contributed by atoms with E-state index in [1.54, 1.807) is 21.0 Å². The molecule has 0 saturated carbocycles. The lowest BCUT2D eigenvalue weighted by molar-refractivity contribution is 0.0500. The Morgan fingerprint density at radius 1 is 1.18 bits per heavy atom. The molecule has 0 spiro atoms. The molecular formula is C10H20N2O5. The monoisotopic (exact) mass is 248 g/mol. The van der Waals surface area contributed by atoms with Crippen LogP contribution >= 0.6 is 0 Å². The van der Waals surface area contributed by atoms with Crippen LogP contribution in [0.15, 0.2) is 0 Å². The molecule has 0 atom stereocenters. The van der Waals surface area contributed by atoms with Crippen molar-refractivity contribution in [3.63, 3.8) is 0 Å². The van der Waals surface area contributed by atoms with Crippen LogP contribution in [0.1, 0.15) is 6.92 Å². The molecule has 7 nitrogen and oxygen atoms in total. The van der Waals surface area contributed by atoms with Crippen molar-refractivity contribution >= 4 is 12.2 Å². The number of carbonyl (C=O) groups is 2. The first-order chi connectivity index (χ1) is 8.11. The molecule has 7 heteroatoms. The summed E-state index contributed by atoms with van der Waals surface area (Å²) in [5.74, 6) is 0. The third kappa shape index (κ3) is 8.32. The predicted octanol–water partition coefficient (Wildman–Crippen LogP) is 0.447. The number of hydrogen-bond acceptors (Lipinski definition) is 6. The molecule has 0 aliphatic heterocycles. The average molecular weight is 248 g/mol. The molecular weight excluding hydrogens is 228 g/mol. The van der Waals surface area contributed by atoms with Gasteiger partial charge in [-0.1, -0.05) is 0 Å². The molecule has 0 aromatic rings. The van der Waals surface area contributed by atoms with Crippen molar-refractivity contribution in [3.8, 4) is 0 Å². The quantitative estimate of drug-likeness (QED) is 0.520. The van der Waals surface area contributed by atoms with E-state index in [4.69, 9.17) is 9.47 Å². The maximum absolute atomic E-state index is 11.3. The van der Waals surface area contributed by atoms with Gasteiger partial charge in [0.2, 0.25) is 0 Å². The third-order valence-electron chi connectivity index (χ3n) is 1.80. The number of ether oxygens (including phenoxy) is 3. The predicted molar refractivity (Wildman–Crippen MR) is 60.9 cm³/mol. The molecule has 0 aliphatic rings. The number of nitrogens with one attached hydrogen (secondary N) is 1. The topological polar surface area (TPSA) is 77.1 Å². The molecule has 0 fully saturated rings. The first-order valence-electron chi connectivity index (χ1n) is 5.43. The van der Waals surface area contributed by atoms with Crippen molar-refractivity contribution in [1.29, 1.82) is 0 Å². The average Bonchev–Trinajstić information content (AvgIpc) is 2.29. The van der Waals surface area contributed by atoms with Crippen LogP contribution in [0.5, 0.6) is 0 Å². The van der Waals surface area contributed by atoms with Crippen LogP contribution in [-0.4, -0.2) is 64.2 Å². The minimum atomic E-state index is -0.732. The minimum absolute atomic E-state index is 0.0798. The Hall–Kier alpha value is -1.50. The molecule has 0 rings (SSSR count). The van der Waals surface area contributed by atoms with E-state index >= 15 is 0 Å². The van der Waals surface area contributed by atoms with Gasteiger partial charge < -0.3 is 24.4 Å². The fourth-order valence-corrected chi connectivity index (χ4v) is 0.867. The van der Waals surface area contributed by atoms with E-state index in [1.807, 2.05) is 0 Å². The van der Waals surface area contributed by atoms with Gasteiger partial charge in [-0.15, -0.1) is 0 Å². The molecule has 0 saturated heterocycles. The van der Waals surface area contributed by atoms with Gasteiger partial charge in [0.1, 0.15) is 13.2 Å². The third-order valence-corrected chi connectivity index (χ3v) is 1.80. The van der Waals surface area contributed by atoms with Crippen molar-refractivity contribution in [3.05, 3.63) is 0 Å². The highest BCUT2D eigenvalue weighted by atomic mass is 16.7. The second kappa shape index (κ2) is 9.71. The normalized spacial score (nSPS) is 9.59. The van der Waals surface area contributed by atoms with Crippen LogP contribution in [0.2, 0.25) is 0 Å². The van der Waals surface area contributed by atoms with Crippen LogP contribution in [-0.2, 0) is 14.2 Å². The highest BCUT2D eigenvalue weighted by molar-refractivity contribution is 5.67. The molecule has 0 aromatic heterocycles. The molecule has 1 N–H and O–H groups in total. The van der Waals surface area contributed by atoms with E-state index in [9.17, 15) is 9.59 Å². The van der Waals surface area contributed by atoms with E-state index in [0.717, 1.165) is 0 Å². The number of carbonyl (C=O) groups excluding carboxylic acids is 2. The van der Waals surface area contributed by atoms with Crippen molar-refractivity contribution in [2.45, 2.75) is 6.92 Å². The Kier molecular flexibility index (Phi) is 8.85. The van der Waals surface area contributed by atoms with Crippen molar-refractivity contribution < 1.29 is 23.8 Å². The summed E-state index contributed by atoms with van der Waals surface area (Å²) in [7, 11) is 3.33. The van der Waals surface area contributed by atoms with Crippen LogP contribution in [0, 0.1) is 0 Å². The number of rotatable bonds is 7. The Morgan fingerprint density at radius 2 is 1.88 bits per heavy atom. The van der Waals surface area contributed by atoms with Gasteiger partial charge in [0.25, 0.3) is 0 Å². The molecule has 0 heterocycles. The smallest absolute Gasteiger partial charge is 0.448 e. The lowest BCUT2D eigenvalue weighted by Crippen LogP contribution is -2.32. The highest BCUT2D eigenvalue weighted by Gasteiger charge is 2.10. The minimum Gasteiger partial charge on any atom is -0.448 e. The number of hydrogen-bond donors (Lipinski definition) is 1. The lowest BCUT2D eigenvalue weighted by Gasteiger charge is -2.16. The second-order valence-electron chi connectivity index (χ2n) is 3.17. The van der Waals surface area contributed by atoms with Gasteiger partial charge in [0, 0.05) is 13.6 Å². The van der Waals surface area contributed by atoms with Gasteiger partial charge in [-0.25, -0.2) is 9.59 Å². The molecule has 17 heavy (non-hydrogen) atoms. The fraction of sp³-hybridized carbons (Fsp3) is 0.800. The van der Waals surface area contributed by atoms with Crippen molar-refractivity contribution in [2.24, 2.45) is 0 Å². The van der Waals surface area contributed by atoms with Crippen molar-refractivity contribution in [2.75, 3.05) is 47.0 Å². The number of nitrogens with zero attached hydrogens (tertiary/aromatic N) is 1. The van der Waals surface area contributed by atoms with E-state index in [-0.39, 0.29) is 19.8 Å². The second-order valence-corrected chi connectivity index (χ2v) is 3.17. The number of amides is 1. The summed E-state index contributed by atoms with van der Waals surface area (Å²) in [5, 5.41) is 2.85. The Morgan fingerprint density at radius 3 is 2.47 bits per heavy atom. The van der Waals surface area contributed by atoms with Gasteiger partial charge in [-0.05, 0) is 14.0 Å². The van der Waals surface area contributed by atoms with Gasteiger partial charge >= 0.3 is 12.2 Å². The first-order valence-corrected chi connectivity index (χ1v) is 5.43. The largest absolute Gasteiger partial charge is 0.508 e. The van der Waals surface area contributed by atoms with E-state index in [2.05, 4.69) is 10.1 Å². The molecule has 0 radical (unpaired) electrons. The van der Waals surface area contributed by atoms with Gasteiger partial charge in [0.05, 0.1) is 13.2 Å². The highest BCUT2D eigenvalue weighted by Crippen LogP contribution is 1.91. The van der Waals surface area contributed by atoms with Crippen LogP contribution < -0.4 is 5.32 Å². The summed E-state index contributed by atoms with van der Waals surface area (Å²) < 4.78 is 14.2. The molecule has 0 bridgehead atoms. The summed E-state index contributed by atoms with van der Waals surface area (Å²) in [6, 6.07) is 0. The zero-order valence-corrected chi connectivity index (χ0v) is 10.5. The van der Waals surface area contributed by atoms with Crippen LogP contribution in [0.4, 0.5) is 9.59 Å². The zero-order chi connectivity index (χ0) is 13.1. The summed E-state index contributed by atoms with van der Waals surface area (Å²) in [5.41, 5.74) is 0. The van der Waals surface area contributed by atoms with E-state index in [0.29, 0.717) is 13.2 Å². The van der Waals surface area contributed by atoms with E-state index in [1.165, 1.54) is 4.90 Å². The molecule has 1 amide bonds. The van der Waals surface area contributed by atoms with Gasteiger partial charge in [-0.3, -0.25) is 0 Å². The number of likely N-dealkylation sites (N-methyl/N-ethyl adjacent to an activating group) is 2. The van der Waals surface area contributed by atoms with Crippen LogP contribution in [0.3, 0.4) is 0 Å². The van der Waals surface area contributed by atoms with Crippen LogP contribution in [0.25, 0.3) is 0 Å². The molecule has 0 aliphatic carbocycles. The first kappa shape index (κ1) is 15.5.